The maximum Gasteiger partial charge on any atom is 0.328 e. The van der Waals surface area contributed by atoms with E-state index in [9.17, 15) is 9.59 Å². The van der Waals surface area contributed by atoms with E-state index in [1.807, 2.05) is 6.07 Å². The molecule has 0 bridgehead atoms. The molecule has 1 N–H and O–H groups in total. The number of carbonyl (C=O) groups excluding carboxylic acids is 2. The lowest BCUT2D eigenvalue weighted by atomic mass is 10.1. The summed E-state index contributed by atoms with van der Waals surface area (Å²) >= 11 is 0. The lowest BCUT2D eigenvalue weighted by Gasteiger charge is -2.11. The average Bonchev–Trinajstić information content (AvgIpc) is 2.45. The zero-order chi connectivity index (χ0) is 13.8. The first-order chi connectivity index (χ1) is 9.11. The maximum absolute atomic E-state index is 12.0. The van der Waals surface area contributed by atoms with Crippen molar-refractivity contribution in [3.05, 3.63) is 42.1 Å². The molecule has 2 rings (SSSR count). The summed E-state index contributed by atoms with van der Waals surface area (Å²) in [5, 5.41) is 3.45. The second-order valence-corrected chi connectivity index (χ2v) is 4.13. The Morgan fingerprint density at radius 2 is 2.11 bits per heavy atom. The molecule has 0 aliphatic rings. The lowest BCUT2D eigenvalue weighted by molar-refractivity contribution is -0.142. The minimum atomic E-state index is -0.679. The number of nitrogens with one attached hydrogen (secondary N) is 1. The Labute approximate surface area is 110 Å². The summed E-state index contributed by atoms with van der Waals surface area (Å²) in [5.74, 6) is -0.792. The molecule has 0 fully saturated rings. The Morgan fingerprint density at radius 3 is 2.84 bits per heavy atom. The van der Waals surface area contributed by atoms with Crippen LogP contribution in [0.5, 0.6) is 0 Å². The first-order valence-corrected chi connectivity index (χ1v) is 5.85. The molecular weight excluding hydrogens is 244 g/mol. The molecule has 1 aromatic carbocycles. The van der Waals surface area contributed by atoms with E-state index in [1.165, 1.54) is 7.11 Å². The van der Waals surface area contributed by atoms with Crippen molar-refractivity contribution in [3.8, 4) is 0 Å². The molecule has 2 aromatic rings. The quantitative estimate of drug-likeness (QED) is 0.848. The van der Waals surface area contributed by atoms with E-state index >= 15 is 0 Å². The van der Waals surface area contributed by atoms with Crippen molar-refractivity contribution in [1.29, 1.82) is 0 Å². The number of fused-ring (bicyclic) bond motifs is 1. The molecule has 1 heterocycles. The highest BCUT2D eigenvalue weighted by Gasteiger charge is 2.16. The molecule has 0 saturated carbocycles. The molecular formula is C14H14N2O3. The summed E-state index contributed by atoms with van der Waals surface area (Å²) in [7, 11) is 1.28. The standard InChI is InChI=1S/C14H14N2O3/c1-9(14(18)19-2)16-13(17)11-5-6-12-10(8-11)4-3-7-15-12/h3-9H,1-2H3,(H,16,17)/t9-/m1/s1. The monoisotopic (exact) mass is 258 g/mol. The van der Waals surface area contributed by atoms with Crippen LogP contribution < -0.4 is 5.32 Å². The summed E-state index contributed by atoms with van der Waals surface area (Å²) < 4.78 is 4.56. The van der Waals surface area contributed by atoms with Crippen LogP contribution in [0, 0.1) is 0 Å². The summed E-state index contributed by atoms with van der Waals surface area (Å²) in [4.78, 5) is 27.4. The Bertz CT molecular complexity index is 625. The normalized spacial score (nSPS) is 11.9. The van der Waals surface area contributed by atoms with Crippen molar-refractivity contribution in [2.75, 3.05) is 7.11 Å². The number of hydrogen-bond acceptors (Lipinski definition) is 4. The SMILES string of the molecule is COC(=O)[C@@H](C)NC(=O)c1ccc2ncccc2c1. The summed E-state index contributed by atoms with van der Waals surface area (Å²) in [6.45, 7) is 1.58. The van der Waals surface area contributed by atoms with Gasteiger partial charge in [-0.25, -0.2) is 4.79 Å². The van der Waals surface area contributed by atoms with Gasteiger partial charge in [-0.2, -0.15) is 0 Å². The Balaban J connectivity index is 2.19. The number of ether oxygens (including phenoxy) is 1. The van der Waals surface area contributed by atoms with Crippen molar-refractivity contribution in [2.45, 2.75) is 13.0 Å². The number of benzene rings is 1. The van der Waals surface area contributed by atoms with Crippen molar-refractivity contribution in [2.24, 2.45) is 0 Å². The highest BCUT2D eigenvalue weighted by atomic mass is 16.5. The van der Waals surface area contributed by atoms with Gasteiger partial charge in [-0.15, -0.1) is 0 Å². The van der Waals surface area contributed by atoms with Crippen LogP contribution in [-0.2, 0) is 9.53 Å². The molecule has 1 aromatic heterocycles. The summed E-state index contributed by atoms with van der Waals surface area (Å²) in [5.41, 5.74) is 1.30. The molecule has 0 spiro atoms. The maximum atomic E-state index is 12.0. The van der Waals surface area contributed by atoms with Crippen LogP contribution in [0.2, 0.25) is 0 Å². The number of carbonyl (C=O) groups is 2. The molecule has 5 nitrogen and oxygen atoms in total. The number of pyridine rings is 1. The van der Waals surface area contributed by atoms with Crippen molar-refractivity contribution in [1.82, 2.24) is 10.3 Å². The van der Waals surface area contributed by atoms with Gasteiger partial charge in [0.15, 0.2) is 0 Å². The Kier molecular flexibility index (Phi) is 3.75. The van der Waals surface area contributed by atoms with Gasteiger partial charge >= 0.3 is 5.97 Å². The number of methoxy groups -OCH3 is 1. The third kappa shape index (κ3) is 2.88. The topological polar surface area (TPSA) is 68.3 Å². The van der Waals surface area contributed by atoms with E-state index < -0.39 is 12.0 Å². The first kappa shape index (κ1) is 13.0. The van der Waals surface area contributed by atoms with Crippen molar-refractivity contribution >= 4 is 22.8 Å². The number of aromatic nitrogens is 1. The minimum absolute atomic E-state index is 0.316. The second-order valence-electron chi connectivity index (χ2n) is 4.13. The molecule has 0 unspecified atom stereocenters. The zero-order valence-corrected chi connectivity index (χ0v) is 10.7. The van der Waals surface area contributed by atoms with Crippen LogP contribution in [-0.4, -0.2) is 30.0 Å². The highest BCUT2D eigenvalue weighted by molar-refractivity contribution is 5.99. The highest BCUT2D eigenvalue weighted by Crippen LogP contribution is 2.13. The second kappa shape index (κ2) is 5.48. The van der Waals surface area contributed by atoms with Crippen molar-refractivity contribution < 1.29 is 14.3 Å². The van der Waals surface area contributed by atoms with Gasteiger partial charge in [-0.1, -0.05) is 6.07 Å². The van der Waals surface area contributed by atoms with Crippen LogP contribution >= 0.6 is 0 Å². The number of nitrogens with zero attached hydrogens (tertiary/aromatic N) is 1. The minimum Gasteiger partial charge on any atom is -0.467 e. The number of hydrogen-bond donors (Lipinski definition) is 1. The number of rotatable bonds is 3. The number of amides is 1. The van der Waals surface area contributed by atoms with E-state index in [0.717, 1.165) is 10.9 Å². The third-order valence-corrected chi connectivity index (χ3v) is 2.77. The van der Waals surface area contributed by atoms with Gasteiger partial charge in [-0.05, 0) is 31.2 Å². The Hall–Kier alpha value is -2.43. The van der Waals surface area contributed by atoms with E-state index in [0.29, 0.717) is 5.56 Å². The van der Waals surface area contributed by atoms with E-state index in [2.05, 4.69) is 15.0 Å². The fourth-order valence-corrected chi connectivity index (χ4v) is 1.73. The first-order valence-electron chi connectivity index (χ1n) is 5.85. The fraction of sp³-hybridized carbons (Fsp3) is 0.214. The van der Waals surface area contributed by atoms with Crippen LogP contribution in [0.1, 0.15) is 17.3 Å². The van der Waals surface area contributed by atoms with Gasteiger partial charge < -0.3 is 10.1 Å². The smallest absolute Gasteiger partial charge is 0.328 e. The van der Waals surface area contributed by atoms with Gasteiger partial charge in [-0.3, -0.25) is 9.78 Å². The predicted molar refractivity (Wildman–Crippen MR) is 70.7 cm³/mol. The van der Waals surface area contributed by atoms with Gasteiger partial charge in [0.2, 0.25) is 0 Å². The fourth-order valence-electron chi connectivity index (χ4n) is 1.73. The summed E-state index contributed by atoms with van der Waals surface area (Å²) in [6, 6.07) is 8.19. The van der Waals surface area contributed by atoms with Crippen LogP contribution in [0.25, 0.3) is 10.9 Å². The average molecular weight is 258 g/mol. The molecule has 0 aliphatic heterocycles. The van der Waals surface area contributed by atoms with Crippen LogP contribution in [0.3, 0.4) is 0 Å². The van der Waals surface area contributed by atoms with Crippen LogP contribution in [0.15, 0.2) is 36.5 Å². The van der Waals surface area contributed by atoms with Crippen molar-refractivity contribution in [3.63, 3.8) is 0 Å². The molecule has 98 valence electrons. The van der Waals surface area contributed by atoms with Gasteiger partial charge in [0.05, 0.1) is 12.6 Å². The lowest BCUT2D eigenvalue weighted by Crippen LogP contribution is -2.39. The predicted octanol–water partition coefficient (Wildman–Crippen LogP) is 1.53. The number of esters is 1. The van der Waals surface area contributed by atoms with E-state index in [4.69, 9.17) is 0 Å². The molecule has 5 heteroatoms. The van der Waals surface area contributed by atoms with Gasteiger partial charge in [0.25, 0.3) is 5.91 Å². The Morgan fingerprint density at radius 1 is 1.32 bits per heavy atom. The van der Waals surface area contributed by atoms with Crippen LogP contribution in [0.4, 0.5) is 0 Å². The molecule has 0 aliphatic carbocycles. The zero-order valence-electron chi connectivity index (χ0n) is 10.7. The summed E-state index contributed by atoms with van der Waals surface area (Å²) in [6.07, 6.45) is 1.70. The molecule has 1 atom stereocenters. The largest absolute Gasteiger partial charge is 0.467 e. The third-order valence-electron chi connectivity index (χ3n) is 2.77. The van der Waals surface area contributed by atoms with E-state index in [1.54, 1.807) is 37.4 Å². The van der Waals surface area contributed by atoms with Gasteiger partial charge in [0, 0.05) is 17.1 Å². The molecule has 0 radical (unpaired) electrons. The van der Waals surface area contributed by atoms with E-state index in [-0.39, 0.29) is 5.91 Å². The molecule has 0 saturated heterocycles. The molecule has 19 heavy (non-hydrogen) atoms. The molecule has 1 amide bonds. The van der Waals surface area contributed by atoms with Gasteiger partial charge in [0.1, 0.15) is 6.04 Å².